The third kappa shape index (κ3) is 3.89. The van der Waals surface area contributed by atoms with Crippen LogP contribution in [0.3, 0.4) is 0 Å². The molecule has 0 N–H and O–H groups in total. The normalized spacial score (nSPS) is 12.3. The van der Waals surface area contributed by atoms with Crippen LogP contribution in [-0.4, -0.2) is 26.3 Å². The van der Waals surface area contributed by atoms with Crippen molar-refractivity contribution in [3.8, 4) is 16.9 Å². The minimum absolute atomic E-state index is 0.273. The van der Waals surface area contributed by atoms with E-state index in [-0.39, 0.29) is 5.39 Å². The second-order valence-corrected chi connectivity index (χ2v) is 8.43. The number of hydrogen-bond acceptors (Lipinski definition) is 3. The van der Waals surface area contributed by atoms with E-state index >= 15 is 0 Å². The van der Waals surface area contributed by atoms with E-state index < -0.39 is 28.4 Å². The Morgan fingerprint density at radius 3 is 2.22 bits per heavy atom. The second kappa shape index (κ2) is 8.00. The van der Waals surface area contributed by atoms with Crippen molar-refractivity contribution in [1.82, 2.24) is 9.78 Å². The van der Waals surface area contributed by atoms with Gasteiger partial charge in [0.2, 0.25) is 0 Å². The van der Waals surface area contributed by atoms with Crippen LogP contribution >= 0.6 is 0 Å². The van der Waals surface area contributed by atoms with Crippen LogP contribution in [0.4, 0.5) is 8.78 Å². The van der Waals surface area contributed by atoms with Gasteiger partial charge < -0.3 is 5.21 Å². The highest BCUT2D eigenvalue weighted by Crippen LogP contribution is 2.27. The van der Waals surface area contributed by atoms with Gasteiger partial charge in [0.25, 0.3) is 5.56 Å². The third-order valence-electron chi connectivity index (χ3n) is 5.04. The Morgan fingerprint density at radius 1 is 0.938 bits per heavy atom. The van der Waals surface area contributed by atoms with E-state index in [4.69, 9.17) is 0 Å². The van der Waals surface area contributed by atoms with Crippen LogP contribution in [0.15, 0.2) is 71.5 Å². The van der Waals surface area contributed by atoms with E-state index in [0.717, 1.165) is 21.6 Å². The fraction of sp³-hybridized carbons (Fsp3) is 0.160. The first kappa shape index (κ1) is 21.4. The maximum absolute atomic E-state index is 14.5. The maximum Gasteiger partial charge on any atom is 0.279 e. The largest absolute Gasteiger partial charge is 0.623 e. The van der Waals surface area contributed by atoms with E-state index in [0.29, 0.717) is 22.2 Å². The van der Waals surface area contributed by atoms with E-state index in [1.807, 2.05) is 0 Å². The summed E-state index contributed by atoms with van der Waals surface area (Å²) in [5.74, 6) is -1.79. The summed E-state index contributed by atoms with van der Waals surface area (Å²) in [6.07, 6.45) is 1.47. The molecule has 5 nitrogen and oxygen atoms in total. The highest BCUT2D eigenvalue weighted by Gasteiger charge is 2.20. The molecule has 1 heterocycles. The molecule has 0 radical (unpaired) electrons. The molecule has 4 aromatic rings. The van der Waals surface area contributed by atoms with Crippen LogP contribution in [0, 0.1) is 16.8 Å². The molecule has 0 unspecified atom stereocenters. The number of halogens is 2. The van der Waals surface area contributed by atoms with Crippen molar-refractivity contribution in [1.29, 1.82) is 0 Å². The molecule has 162 valence electrons. The van der Waals surface area contributed by atoms with Gasteiger partial charge in [-0.05, 0) is 30.3 Å². The summed E-state index contributed by atoms with van der Waals surface area (Å²) in [5.41, 5.74) is -0.182. The molecule has 0 aliphatic rings. The van der Waals surface area contributed by atoms with E-state index in [1.165, 1.54) is 12.3 Å². The second-order valence-electron chi connectivity index (χ2n) is 8.43. The van der Waals surface area contributed by atoms with Gasteiger partial charge in [-0.3, -0.25) is 4.79 Å². The van der Waals surface area contributed by atoms with E-state index in [2.05, 4.69) is 5.10 Å². The average Bonchev–Trinajstić information content (AvgIpc) is 2.75. The number of rotatable bonds is 3. The molecule has 0 fully saturated rings. The summed E-state index contributed by atoms with van der Waals surface area (Å²) in [4.78, 5) is 13.1. The first-order valence-corrected chi connectivity index (χ1v) is 10.0. The lowest BCUT2D eigenvalue weighted by atomic mass is 10.0. The Bertz CT molecular complexity index is 1400. The van der Waals surface area contributed by atoms with Crippen LogP contribution in [-0.2, 0) is 0 Å². The summed E-state index contributed by atoms with van der Waals surface area (Å²) in [6, 6.07) is 17.2. The highest BCUT2D eigenvalue weighted by molar-refractivity contribution is 5.94. The van der Waals surface area contributed by atoms with E-state index in [9.17, 15) is 18.8 Å². The molecule has 0 aliphatic carbocycles. The first-order valence-electron chi connectivity index (χ1n) is 10.0. The lowest BCUT2D eigenvalue weighted by Gasteiger charge is -2.18. The fourth-order valence-corrected chi connectivity index (χ4v) is 3.34. The monoisotopic (exact) mass is 433 g/mol. The van der Waals surface area contributed by atoms with Crippen molar-refractivity contribution in [2.45, 2.75) is 26.3 Å². The molecule has 0 spiro atoms. The average molecular weight is 433 g/mol. The van der Waals surface area contributed by atoms with Crippen molar-refractivity contribution in [2.75, 3.05) is 0 Å². The van der Waals surface area contributed by atoms with Gasteiger partial charge in [-0.1, -0.05) is 36.4 Å². The molecule has 0 atom stereocenters. The first-order chi connectivity index (χ1) is 15.2. The SMILES string of the molecule is CC(C)(C)[N+]([O-])=Cc1cccc(-c2nn(-c3c(F)cccc3F)c(=O)c3ccccc23)c1. The zero-order valence-corrected chi connectivity index (χ0v) is 17.8. The quantitative estimate of drug-likeness (QED) is 0.196. The van der Waals surface area contributed by atoms with E-state index in [1.54, 1.807) is 69.3 Å². The fourth-order valence-electron chi connectivity index (χ4n) is 3.34. The Morgan fingerprint density at radius 2 is 1.56 bits per heavy atom. The predicted molar refractivity (Wildman–Crippen MR) is 121 cm³/mol. The molecule has 7 heteroatoms. The molecular weight excluding hydrogens is 412 g/mol. The van der Waals surface area contributed by atoms with Gasteiger partial charge in [-0.25, -0.2) is 13.5 Å². The lowest BCUT2D eigenvalue weighted by molar-refractivity contribution is -0.530. The Kier molecular flexibility index (Phi) is 5.34. The van der Waals surface area contributed by atoms with Crippen LogP contribution in [0.25, 0.3) is 27.7 Å². The van der Waals surface area contributed by atoms with Crippen LogP contribution < -0.4 is 5.56 Å². The zero-order chi connectivity index (χ0) is 23.0. The molecule has 0 amide bonds. The number of benzene rings is 3. The Balaban J connectivity index is 2.00. The van der Waals surface area contributed by atoms with Gasteiger partial charge in [0.05, 0.1) is 11.1 Å². The highest BCUT2D eigenvalue weighted by atomic mass is 19.1. The number of hydroxylamine groups is 1. The van der Waals surface area contributed by atoms with Gasteiger partial charge in [0.1, 0.15) is 5.69 Å². The molecule has 0 saturated carbocycles. The van der Waals surface area contributed by atoms with Crippen LogP contribution in [0.1, 0.15) is 26.3 Å². The van der Waals surface area contributed by atoms with Gasteiger partial charge in [0.15, 0.2) is 23.4 Å². The summed E-state index contributed by atoms with van der Waals surface area (Å²) < 4.78 is 30.6. The molecule has 4 rings (SSSR count). The molecular formula is C25H21F2N3O2. The standard InChI is InChI=1S/C25H21F2N3O2/c1-25(2,3)29(32)15-16-8-6-9-17(14-16)22-18-10-4-5-11-19(18)24(31)30(28-22)23-20(26)12-7-13-21(23)27/h4-15H,1-3H3. The summed E-state index contributed by atoms with van der Waals surface area (Å²) in [7, 11) is 0. The smallest absolute Gasteiger partial charge is 0.279 e. The maximum atomic E-state index is 14.5. The Labute approximate surface area is 183 Å². The van der Waals surface area contributed by atoms with Crippen molar-refractivity contribution < 1.29 is 13.5 Å². The van der Waals surface area contributed by atoms with Crippen LogP contribution in [0.2, 0.25) is 0 Å². The molecule has 0 saturated heterocycles. The molecule has 32 heavy (non-hydrogen) atoms. The molecule has 0 bridgehead atoms. The number of fused-ring (bicyclic) bond motifs is 1. The zero-order valence-electron chi connectivity index (χ0n) is 17.8. The number of nitrogens with zero attached hydrogens (tertiary/aromatic N) is 3. The van der Waals surface area contributed by atoms with Crippen molar-refractivity contribution in [3.05, 3.63) is 99.5 Å². The van der Waals surface area contributed by atoms with Crippen molar-refractivity contribution in [2.24, 2.45) is 0 Å². The summed E-state index contributed by atoms with van der Waals surface area (Å²) in [6.45, 7) is 5.40. The minimum Gasteiger partial charge on any atom is -0.623 e. The summed E-state index contributed by atoms with van der Waals surface area (Å²) in [5, 5.41) is 17.5. The summed E-state index contributed by atoms with van der Waals surface area (Å²) >= 11 is 0. The van der Waals surface area contributed by atoms with Crippen molar-refractivity contribution >= 4 is 17.0 Å². The predicted octanol–water partition coefficient (Wildman–Crippen LogP) is 5.06. The van der Waals surface area contributed by atoms with Gasteiger partial charge >= 0.3 is 0 Å². The molecule has 3 aromatic carbocycles. The van der Waals surface area contributed by atoms with Crippen molar-refractivity contribution in [3.63, 3.8) is 0 Å². The number of hydrogen-bond donors (Lipinski definition) is 0. The Hall–Kier alpha value is -3.87. The lowest BCUT2D eigenvalue weighted by Crippen LogP contribution is -2.29. The minimum atomic E-state index is -0.893. The van der Waals surface area contributed by atoms with Crippen LogP contribution in [0.5, 0.6) is 0 Å². The van der Waals surface area contributed by atoms with Gasteiger partial charge in [-0.15, -0.1) is 0 Å². The topological polar surface area (TPSA) is 61.0 Å². The number of para-hydroxylation sites is 1. The molecule has 1 aromatic heterocycles. The van der Waals surface area contributed by atoms with Gasteiger partial charge in [0, 0.05) is 37.3 Å². The number of aromatic nitrogens is 2. The third-order valence-corrected chi connectivity index (χ3v) is 5.04. The van der Waals surface area contributed by atoms with Gasteiger partial charge in [-0.2, -0.15) is 9.78 Å². The molecule has 0 aliphatic heterocycles.